The zero-order valence-corrected chi connectivity index (χ0v) is 35.9. The van der Waals surface area contributed by atoms with Crippen LogP contribution in [0.25, 0.3) is 10.9 Å². The van der Waals surface area contributed by atoms with Crippen molar-refractivity contribution in [1.29, 1.82) is 0 Å². The molecule has 6 aromatic rings. The highest BCUT2D eigenvalue weighted by Crippen LogP contribution is 2.36. The molecule has 1 atom stereocenters. The summed E-state index contributed by atoms with van der Waals surface area (Å²) in [5.74, 6) is -0.0602. The standard InChI is InChI=1S/C49H48Cl2N4O8/c50-40-17-14-37(29-41(40)51)63-36-9-4-6-34(26-36)31-55(23-5-22-52-30-43(57)38-15-18-42(56)47-39(38)16-19-44(58)53-47)46(60)28-33-12-10-32(11-13-33)27-45(59)54-24-20-49(21-25-54,48(61)62)35-7-2-1-3-8-35/h1-4,6-19,26,29,43,52,56-57H,5,20-25,27-28,30-31H2,(H,53,58)(H,61,62)/t43-/m0/s1. The van der Waals surface area contributed by atoms with E-state index in [1.807, 2.05) is 78.9 Å². The van der Waals surface area contributed by atoms with E-state index in [0.717, 1.165) is 22.3 Å². The number of hydrogen-bond acceptors (Lipinski definition) is 8. The average molecular weight is 892 g/mol. The lowest BCUT2D eigenvalue weighted by molar-refractivity contribution is -0.148. The summed E-state index contributed by atoms with van der Waals surface area (Å²) in [6.45, 7) is 2.08. The molecule has 5 N–H and O–H groups in total. The van der Waals surface area contributed by atoms with Crippen molar-refractivity contribution in [3.05, 3.63) is 170 Å². The van der Waals surface area contributed by atoms with Gasteiger partial charge in [0.2, 0.25) is 17.4 Å². The molecule has 12 nitrogen and oxygen atoms in total. The maximum atomic E-state index is 14.0. The number of aliphatic hydroxyl groups is 1. The minimum Gasteiger partial charge on any atom is -0.506 e. The molecule has 2 heterocycles. The molecule has 0 saturated carbocycles. The van der Waals surface area contributed by atoms with Crippen LogP contribution in [0, 0.1) is 0 Å². The third-order valence-corrected chi connectivity index (χ3v) is 12.3. The van der Waals surface area contributed by atoms with Gasteiger partial charge >= 0.3 is 5.97 Å². The number of pyridine rings is 1. The van der Waals surface area contributed by atoms with Gasteiger partial charge in [-0.1, -0.05) is 96.0 Å². The lowest BCUT2D eigenvalue weighted by Gasteiger charge is -2.39. The van der Waals surface area contributed by atoms with Crippen LogP contribution in [0.2, 0.25) is 10.0 Å². The summed E-state index contributed by atoms with van der Waals surface area (Å²) in [5.41, 5.74) is 2.62. The van der Waals surface area contributed by atoms with Crippen molar-refractivity contribution in [2.75, 3.05) is 32.7 Å². The van der Waals surface area contributed by atoms with E-state index in [1.165, 1.54) is 12.1 Å². The number of likely N-dealkylation sites (tertiary alicyclic amines) is 1. The minimum atomic E-state index is -1.02. The van der Waals surface area contributed by atoms with E-state index < -0.39 is 17.5 Å². The number of rotatable bonds is 17. The van der Waals surface area contributed by atoms with Crippen LogP contribution < -0.4 is 15.6 Å². The van der Waals surface area contributed by atoms with Gasteiger partial charge in [-0.3, -0.25) is 19.2 Å². The number of carbonyl (C=O) groups excluding carboxylic acids is 2. The van der Waals surface area contributed by atoms with Gasteiger partial charge in [-0.2, -0.15) is 0 Å². The first-order valence-electron chi connectivity index (χ1n) is 20.8. The van der Waals surface area contributed by atoms with Crippen molar-refractivity contribution < 1.29 is 34.4 Å². The predicted octanol–water partition coefficient (Wildman–Crippen LogP) is 7.80. The minimum absolute atomic E-state index is 0.0729. The number of aromatic nitrogens is 1. The number of H-pyrrole nitrogens is 1. The molecule has 1 aliphatic heterocycles. The number of nitrogens with one attached hydrogen (secondary N) is 2. The summed E-state index contributed by atoms with van der Waals surface area (Å²) in [4.78, 5) is 57.8. The van der Waals surface area contributed by atoms with E-state index in [1.54, 1.807) is 40.1 Å². The fourth-order valence-electron chi connectivity index (χ4n) is 8.06. The Morgan fingerprint density at radius 2 is 1.52 bits per heavy atom. The van der Waals surface area contributed by atoms with Crippen LogP contribution in [-0.2, 0) is 39.2 Å². The number of halogens is 2. The highest BCUT2D eigenvalue weighted by atomic mass is 35.5. The highest BCUT2D eigenvalue weighted by Gasteiger charge is 2.43. The van der Waals surface area contributed by atoms with Gasteiger partial charge in [-0.05, 0) is 90.0 Å². The SMILES string of the molecule is O=C(Cc1ccc(CC(=O)N(CCCNC[C@H](O)c2ccc(O)c3[nH]c(=O)ccc23)Cc2cccc(Oc3ccc(Cl)c(Cl)c3)c2)cc1)N1CCC(C(=O)O)(c2ccccc2)CC1. The second-order valence-electron chi connectivity index (χ2n) is 15.8. The van der Waals surface area contributed by atoms with Crippen LogP contribution in [0.5, 0.6) is 17.2 Å². The van der Waals surface area contributed by atoms with Crippen LogP contribution in [0.1, 0.15) is 53.2 Å². The maximum absolute atomic E-state index is 14.0. The fourth-order valence-corrected chi connectivity index (χ4v) is 8.35. The molecule has 2 amide bonds. The van der Waals surface area contributed by atoms with Crippen molar-refractivity contribution in [2.45, 2.75) is 50.2 Å². The highest BCUT2D eigenvalue weighted by molar-refractivity contribution is 6.42. The first-order valence-corrected chi connectivity index (χ1v) is 21.5. The number of phenolic OH excluding ortho intramolecular Hbond substituents is 1. The molecule has 1 saturated heterocycles. The van der Waals surface area contributed by atoms with Gasteiger partial charge in [0.1, 0.15) is 17.2 Å². The Balaban J connectivity index is 0.974. The summed E-state index contributed by atoms with van der Waals surface area (Å²) in [7, 11) is 0. The lowest BCUT2D eigenvalue weighted by atomic mass is 9.73. The van der Waals surface area contributed by atoms with E-state index in [2.05, 4.69) is 10.3 Å². The second kappa shape index (κ2) is 20.3. The zero-order valence-electron chi connectivity index (χ0n) is 34.4. The summed E-state index contributed by atoms with van der Waals surface area (Å²) >= 11 is 12.3. The number of aromatic hydroxyl groups is 1. The topological polar surface area (TPSA) is 172 Å². The molecule has 1 fully saturated rings. The van der Waals surface area contributed by atoms with Crippen molar-refractivity contribution in [3.63, 3.8) is 0 Å². The summed E-state index contributed by atoms with van der Waals surface area (Å²) < 4.78 is 6.06. The van der Waals surface area contributed by atoms with Crippen molar-refractivity contribution >= 4 is 51.9 Å². The molecule has 7 rings (SSSR count). The Morgan fingerprint density at radius 1 is 0.810 bits per heavy atom. The smallest absolute Gasteiger partial charge is 0.314 e. The number of hydrogen-bond donors (Lipinski definition) is 5. The summed E-state index contributed by atoms with van der Waals surface area (Å²) in [6, 6.07) is 35.1. The predicted molar refractivity (Wildman–Crippen MR) is 242 cm³/mol. The first kappa shape index (κ1) is 44.9. The van der Waals surface area contributed by atoms with Crippen LogP contribution in [0.3, 0.4) is 0 Å². The number of phenols is 1. The number of carboxylic acids is 1. The molecule has 0 spiro atoms. The van der Waals surface area contributed by atoms with E-state index in [0.29, 0.717) is 84.5 Å². The van der Waals surface area contributed by atoms with Gasteiger partial charge in [0, 0.05) is 50.2 Å². The Morgan fingerprint density at radius 3 is 2.24 bits per heavy atom. The molecule has 0 unspecified atom stereocenters. The maximum Gasteiger partial charge on any atom is 0.314 e. The molecule has 5 aromatic carbocycles. The molecular formula is C49H48Cl2N4O8. The number of benzene rings is 5. The van der Waals surface area contributed by atoms with Crippen molar-refractivity contribution in [3.8, 4) is 17.2 Å². The van der Waals surface area contributed by atoms with E-state index >= 15 is 0 Å². The fraction of sp³-hybridized carbons (Fsp3) is 0.265. The number of aliphatic carboxylic acids is 1. The molecule has 0 bridgehead atoms. The summed E-state index contributed by atoms with van der Waals surface area (Å²) in [6.07, 6.45) is 0.601. The number of nitrogens with zero attached hydrogens (tertiary/aromatic N) is 2. The zero-order chi connectivity index (χ0) is 44.5. The van der Waals surface area contributed by atoms with Gasteiger partial charge in [0.25, 0.3) is 0 Å². The van der Waals surface area contributed by atoms with Crippen LogP contribution >= 0.6 is 23.2 Å². The largest absolute Gasteiger partial charge is 0.506 e. The molecule has 14 heteroatoms. The molecule has 63 heavy (non-hydrogen) atoms. The lowest BCUT2D eigenvalue weighted by Crippen LogP contribution is -2.49. The molecule has 0 aliphatic carbocycles. The second-order valence-corrected chi connectivity index (χ2v) is 16.6. The van der Waals surface area contributed by atoms with Gasteiger partial charge in [-0.25, -0.2) is 0 Å². The first-order chi connectivity index (χ1) is 30.4. The van der Waals surface area contributed by atoms with Gasteiger partial charge in [-0.15, -0.1) is 0 Å². The van der Waals surface area contributed by atoms with Crippen molar-refractivity contribution in [2.24, 2.45) is 0 Å². The normalized spacial score (nSPS) is 14.0. The van der Waals surface area contributed by atoms with Crippen LogP contribution in [0.4, 0.5) is 0 Å². The third-order valence-electron chi connectivity index (χ3n) is 11.6. The number of piperidine rings is 1. The van der Waals surface area contributed by atoms with E-state index in [4.69, 9.17) is 27.9 Å². The monoisotopic (exact) mass is 890 g/mol. The molecule has 1 aliphatic rings. The van der Waals surface area contributed by atoms with Crippen LogP contribution in [-0.4, -0.2) is 80.6 Å². The van der Waals surface area contributed by atoms with Gasteiger partial charge in [0.05, 0.1) is 39.9 Å². The number of fused-ring (bicyclic) bond motifs is 1. The number of carbonyl (C=O) groups is 3. The molecular weight excluding hydrogens is 843 g/mol. The van der Waals surface area contributed by atoms with Gasteiger partial charge < -0.3 is 40.2 Å². The average Bonchev–Trinajstić information content (AvgIpc) is 3.28. The number of carboxylic acid groups (broad SMARTS) is 1. The molecule has 0 radical (unpaired) electrons. The Kier molecular flexibility index (Phi) is 14.5. The Hall–Kier alpha value is -6.18. The Labute approximate surface area is 374 Å². The van der Waals surface area contributed by atoms with Crippen molar-refractivity contribution in [1.82, 2.24) is 20.1 Å². The third kappa shape index (κ3) is 11.1. The number of ether oxygens (including phenoxy) is 1. The molecule has 326 valence electrons. The number of aromatic amines is 1. The van der Waals surface area contributed by atoms with E-state index in [-0.39, 0.29) is 48.0 Å². The number of amides is 2. The quantitative estimate of drug-likeness (QED) is 0.0573. The van der Waals surface area contributed by atoms with Crippen LogP contribution in [0.15, 0.2) is 126 Å². The Bertz CT molecular complexity index is 2630. The molecule has 1 aromatic heterocycles. The summed E-state index contributed by atoms with van der Waals surface area (Å²) in [5, 5.41) is 36.0. The number of aliphatic hydroxyl groups excluding tert-OH is 1. The van der Waals surface area contributed by atoms with Gasteiger partial charge in [0.15, 0.2) is 0 Å². The van der Waals surface area contributed by atoms with E-state index in [9.17, 15) is 34.5 Å².